The van der Waals surface area contributed by atoms with Gasteiger partial charge in [0.25, 0.3) is 0 Å². The van der Waals surface area contributed by atoms with Crippen molar-refractivity contribution in [3.05, 3.63) is 18.0 Å². The van der Waals surface area contributed by atoms with Gasteiger partial charge in [0.05, 0.1) is 6.10 Å². The molecule has 2 unspecified atom stereocenters. The van der Waals surface area contributed by atoms with Crippen LogP contribution in [0.4, 0.5) is 0 Å². The molecule has 4 heteroatoms. The van der Waals surface area contributed by atoms with Gasteiger partial charge in [0.1, 0.15) is 0 Å². The van der Waals surface area contributed by atoms with Crippen LogP contribution in [0, 0.1) is 0 Å². The van der Waals surface area contributed by atoms with Crippen LogP contribution in [0.2, 0.25) is 0 Å². The van der Waals surface area contributed by atoms with Crippen molar-refractivity contribution in [3.63, 3.8) is 0 Å². The molecule has 1 fully saturated rings. The first-order valence-corrected chi connectivity index (χ1v) is 6.21. The van der Waals surface area contributed by atoms with Gasteiger partial charge in [-0.3, -0.25) is 5.10 Å². The fraction of sp³-hybridized carbons (Fsp3) is 0.750. The highest BCUT2D eigenvalue weighted by Crippen LogP contribution is 2.17. The van der Waals surface area contributed by atoms with Crippen molar-refractivity contribution in [2.24, 2.45) is 0 Å². The summed E-state index contributed by atoms with van der Waals surface area (Å²) in [5, 5.41) is 10.5. The van der Waals surface area contributed by atoms with Crippen molar-refractivity contribution in [2.45, 2.75) is 51.3 Å². The molecular formula is C12H21N3O. The van der Waals surface area contributed by atoms with E-state index in [1.54, 1.807) is 6.20 Å². The van der Waals surface area contributed by atoms with Crippen LogP contribution in [0.25, 0.3) is 0 Å². The normalized spacial score (nSPS) is 25.8. The van der Waals surface area contributed by atoms with Gasteiger partial charge in [-0.25, -0.2) is 0 Å². The highest BCUT2D eigenvalue weighted by Gasteiger charge is 2.21. The van der Waals surface area contributed by atoms with Gasteiger partial charge in [0, 0.05) is 31.1 Å². The minimum Gasteiger partial charge on any atom is -0.378 e. The van der Waals surface area contributed by atoms with Crippen LogP contribution in [0.1, 0.15) is 38.3 Å². The number of nitrogens with one attached hydrogen (secondary N) is 2. The average Bonchev–Trinajstić information content (AvgIpc) is 2.80. The molecule has 0 aromatic carbocycles. The Morgan fingerprint density at radius 3 is 3.31 bits per heavy atom. The first-order valence-electron chi connectivity index (χ1n) is 6.21. The maximum absolute atomic E-state index is 5.73. The van der Waals surface area contributed by atoms with Crippen LogP contribution in [-0.2, 0) is 11.3 Å². The maximum atomic E-state index is 5.73. The first kappa shape index (κ1) is 11.6. The van der Waals surface area contributed by atoms with Crippen molar-refractivity contribution in [1.82, 2.24) is 15.5 Å². The Morgan fingerprint density at radius 1 is 1.62 bits per heavy atom. The Labute approximate surface area is 96.8 Å². The van der Waals surface area contributed by atoms with Crippen molar-refractivity contribution < 1.29 is 4.74 Å². The SMILES string of the molecule is CCCC1CC(NCc2ccn[nH]2)CCO1. The fourth-order valence-electron chi connectivity index (χ4n) is 2.23. The lowest BCUT2D eigenvalue weighted by atomic mass is 10.00. The minimum absolute atomic E-state index is 0.456. The zero-order chi connectivity index (χ0) is 11.2. The lowest BCUT2D eigenvalue weighted by Crippen LogP contribution is -2.38. The molecule has 2 atom stereocenters. The van der Waals surface area contributed by atoms with Crippen molar-refractivity contribution in [2.75, 3.05) is 6.61 Å². The molecule has 1 aliphatic heterocycles. The molecule has 0 spiro atoms. The highest BCUT2D eigenvalue weighted by atomic mass is 16.5. The van der Waals surface area contributed by atoms with Crippen LogP contribution in [0.3, 0.4) is 0 Å². The summed E-state index contributed by atoms with van der Waals surface area (Å²) in [6.07, 6.45) is 6.90. The highest BCUT2D eigenvalue weighted by molar-refractivity contribution is 4.97. The molecule has 2 N–H and O–H groups in total. The number of rotatable bonds is 5. The second-order valence-corrected chi connectivity index (χ2v) is 4.47. The van der Waals surface area contributed by atoms with E-state index in [0.29, 0.717) is 12.1 Å². The summed E-state index contributed by atoms with van der Waals surface area (Å²) in [5.74, 6) is 0. The van der Waals surface area contributed by atoms with Gasteiger partial charge < -0.3 is 10.1 Å². The third kappa shape index (κ3) is 3.32. The van der Waals surface area contributed by atoms with Gasteiger partial charge in [0.2, 0.25) is 0 Å². The Kier molecular flexibility index (Phi) is 4.36. The second kappa shape index (κ2) is 6.01. The summed E-state index contributed by atoms with van der Waals surface area (Å²) in [6.45, 7) is 3.99. The molecular weight excluding hydrogens is 202 g/mol. The third-order valence-electron chi connectivity index (χ3n) is 3.12. The zero-order valence-corrected chi connectivity index (χ0v) is 9.91. The third-order valence-corrected chi connectivity index (χ3v) is 3.12. The van der Waals surface area contributed by atoms with E-state index in [4.69, 9.17) is 4.74 Å². The smallest absolute Gasteiger partial charge is 0.0589 e. The molecule has 0 aliphatic carbocycles. The molecule has 2 rings (SSSR count). The Balaban J connectivity index is 1.72. The summed E-state index contributed by atoms with van der Waals surface area (Å²) < 4.78 is 5.73. The van der Waals surface area contributed by atoms with Crippen LogP contribution in [0.5, 0.6) is 0 Å². The average molecular weight is 223 g/mol. The van der Waals surface area contributed by atoms with Crippen molar-refractivity contribution in [1.29, 1.82) is 0 Å². The number of hydrogen-bond acceptors (Lipinski definition) is 3. The predicted octanol–water partition coefficient (Wildman–Crippen LogP) is 1.85. The van der Waals surface area contributed by atoms with E-state index in [1.807, 2.05) is 6.07 Å². The summed E-state index contributed by atoms with van der Waals surface area (Å²) in [6, 6.07) is 2.60. The lowest BCUT2D eigenvalue weighted by molar-refractivity contribution is -0.00347. The van der Waals surface area contributed by atoms with E-state index in [2.05, 4.69) is 22.4 Å². The van der Waals surface area contributed by atoms with Gasteiger partial charge in [0.15, 0.2) is 0 Å². The summed E-state index contributed by atoms with van der Waals surface area (Å²) in [5.41, 5.74) is 1.15. The van der Waals surface area contributed by atoms with E-state index in [0.717, 1.165) is 31.7 Å². The van der Waals surface area contributed by atoms with Crippen molar-refractivity contribution >= 4 is 0 Å². The number of aromatic amines is 1. The molecule has 1 aliphatic rings. The number of ether oxygens (including phenoxy) is 1. The molecule has 1 aromatic heterocycles. The van der Waals surface area contributed by atoms with Crippen LogP contribution in [-0.4, -0.2) is 29.0 Å². The summed E-state index contributed by atoms with van der Waals surface area (Å²) >= 11 is 0. The molecule has 16 heavy (non-hydrogen) atoms. The first-order chi connectivity index (χ1) is 7.88. The summed E-state index contributed by atoms with van der Waals surface area (Å²) in [4.78, 5) is 0. The summed E-state index contributed by atoms with van der Waals surface area (Å²) in [7, 11) is 0. The molecule has 2 heterocycles. The topological polar surface area (TPSA) is 49.9 Å². The van der Waals surface area contributed by atoms with Crippen LogP contribution in [0.15, 0.2) is 12.3 Å². The number of nitrogens with zero attached hydrogens (tertiary/aromatic N) is 1. The van der Waals surface area contributed by atoms with E-state index < -0.39 is 0 Å². The van der Waals surface area contributed by atoms with Gasteiger partial charge in [-0.2, -0.15) is 5.10 Å². The number of hydrogen-bond donors (Lipinski definition) is 2. The van der Waals surface area contributed by atoms with E-state index in [1.165, 1.54) is 12.8 Å². The molecule has 1 aromatic rings. The van der Waals surface area contributed by atoms with Gasteiger partial charge in [-0.05, 0) is 25.3 Å². The fourth-order valence-corrected chi connectivity index (χ4v) is 2.23. The quantitative estimate of drug-likeness (QED) is 0.801. The van der Waals surface area contributed by atoms with E-state index >= 15 is 0 Å². The monoisotopic (exact) mass is 223 g/mol. The molecule has 4 nitrogen and oxygen atoms in total. The zero-order valence-electron chi connectivity index (χ0n) is 9.91. The largest absolute Gasteiger partial charge is 0.378 e. The molecule has 0 radical (unpaired) electrons. The van der Waals surface area contributed by atoms with Crippen LogP contribution < -0.4 is 5.32 Å². The molecule has 0 saturated carbocycles. The Hall–Kier alpha value is -0.870. The van der Waals surface area contributed by atoms with Gasteiger partial charge in [-0.15, -0.1) is 0 Å². The maximum Gasteiger partial charge on any atom is 0.0589 e. The molecule has 90 valence electrons. The number of aromatic nitrogens is 2. The predicted molar refractivity (Wildman–Crippen MR) is 63.1 cm³/mol. The molecule has 1 saturated heterocycles. The van der Waals surface area contributed by atoms with E-state index in [9.17, 15) is 0 Å². The lowest BCUT2D eigenvalue weighted by Gasteiger charge is -2.30. The minimum atomic E-state index is 0.456. The number of H-pyrrole nitrogens is 1. The Morgan fingerprint density at radius 2 is 2.56 bits per heavy atom. The van der Waals surface area contributed by atoms with E-state index in [-0.39, 0.29) is 0 Å². The molecule has 0 amide bonds. The van der Waals surface area contributed by atoms with Gasteiger partial charge in [-0.1, -0.05) is 13.3 Å². The second-order valence-electron chi connectivity index (χ2n) is 4.47. The Bertz CT molecular complexity index is 284. The molecule has 0 bridgehead atoms. The van der Waals surface area contributed by atoms with Crippen LogP contribution >= 0.6 is 0 Å². The van der Waals surface area contributed by atoms with Crippen molar-refractivity contribution in [3.8, 4) is 0 Å². The van der Waals surface area contributed by atoms with Gasteiger partial charge >= 0.3 is 0 Å². The standard InChI is InChI=1S/C12H21N3O/c1-2-3-12-8-10(5-7-16-12)13-9-11-4-6-14-15-11/h4,6,10,12-13H,2-3,5,7-9H2,1H3,(H,14,15).